The molecule has 8 nitrogen and oxygen atoms in total. The van der Waals surface area contributed by atoms with E-state index in [1.165, 1.54) is 61.7 Å². The van der Waals surface area contributed by atoms with Crippen molar-refractivity contribution in [3.8, 4) is 5.75 Å². The molecule has 0 spiro atoms. The Hall–Kier alpha value is -3.82. The zero-order valence-electron chi connectivity index (χ0n) is 15.0. The number of imide groups is 1. The molecule has 0 unspecified atom stereocenters. The molecule has 1 fully saturated rings. The molecule has 3 rings (SSSR count). The molecule has 29 heavy (non-hydrogen) atoms. The average molecular weight is 402 g/mol. The van der Waals surface area contributed by atoms with E-state index in [1.807, 2.05) is 0 Å². The molecule has 150 valence electrons. The van der Waals surface area contributed by atoms with E-state index in [4.69, 9.17) is 0 Å². The maximum Gasteiger partial charge on any atom is 0.387 e. The topological polar surface area (TPSA) is 111 Å². The van der Waals surface area contributed by atoms with Gasteiger partial charge in [0.1, 0.15) is 11.3 Å². The first-order valence-electron chi connectivity index (χ1n) is 8.28. The van der Waals surface area contributed by atoms with Gasteiger partial charge in [-0.05, 0) is 35.7 Å². The summed E-state index contributed by atoms with van der Waals surface area (Å²) in [5.41, 5.74) is -0.661. The molecule has 0 radical (unpaired) electrons. The summed E-state index contributed by atoms with van der Waals surface area (Å²) < 4.78 is 28.8. The van der Waals surface area contributed by atoms with Gasteiger partial charge in [-0.15, -0.1) is 5.01 Å². The third kappa shape index (κ3) is 4.05. The SMILES string of the molecule is C[C@@]1(c2ccc(OC(F)F)cc2)NC(=O)N(/N=C\c2ccc(C(=O)[O-])cc2)C1=O. The van der Waals surface area contributed by atoms with Gasteiger partial charge < -0.3 is 20.0 Å². The molecule has 1 aliphatic rings. The summed E-state index contributed by atoms with van der Waals surface area (Å²) in [5.74, 6) is -2.09. The number of carboxylic acids is 1. The maximum atomic E-state index is 12.8. The Morgan fingerprint density at radius 3 is 2.34 bits per heavy atom. The molecule has 1 aliphatic heterocycles. The predicted molar refractivity (Wildman–Crippen MR) is 94.2 cm³/mol. The number of aromatic carboxylic acids is 1. The van der Waals surface area contributed by atoms with Crippen molar-refractivity contribution in [2.45, 2.75) is 19.1 Å². The van der Waals surface area contributed by atoms with Crippen LogP contribution in [0, 0.1) is 0 Å². The fourth-order valence-electron chi connectivity index (χ4n) is 2.72. The van der Waals surface area contributed by atoms with E-state index >= 15 is 0 Å². The van der Waals surface area contributed by atoms with Crippen LogP contribution in [0.15, 0.2) is 53.6 Å². The molecule has 0 saturated carbocycles. The summed E-state index contributed by atoms with van der Waals surface area (Å²) in [6.07, 6.45) is 1.22. The van der Waals surface area contributed by atoms with Gasteiger partial charge in [0.05, 0.1) is 12.2 Å². The van der Waals surface area contributed by atoms with Crippen LogP contribution in [0.5, 0.6) is 5.75 Å². The molecule has 3 amide bonds. The quantitative estimate of drug-likeness (QED) is 0.581. The highest BCUT2D eigenvalue weighted by molar-refractivity contribution is 6.07. The minimum absolute atomic E-state index is 0.0241. The Labute approximate surface area is 163 Å². The van der Waals surface area contributed by atoms with Gasteiger partial charge in [-0.1, -0.05) is 36.4 Å². The molecule has 2 aromatic carbocycles. The molecule has 1 heterocycles. The van der Waals surface area contributed by atoms with Crippen LogP contribution < -0.4 is 15.2 Å². The molecule has 1 atom stereocenters. The Bertz CT molecular complexity index is 976. The number of carbonyl (C=O) groups excluding carboxylic acids is 3. The zero-order valence-corrected chi connectivity index (χ0v) is 15.0. The van der Waals surface area contributed by atoms with E-state index in [0.29, 0.717) is 16.1 Å². The monoisotopic (exact) mass is 402 g/mol. The summed E-state index contributed by atoms with van der Waals surface area (Å²) in [7, 11) is 0. The number of amides is 3. The van der Waals surface area contributed by atoms with Crippen molar-refractivity contribution >= 4 is 24.1 Å². The summed E-state index contributed by atoms with van der Waals surface area (Å²) in [5, 5.41) is 17.8. The van der Waals surface area contributed by atoms with Crippen molar-refractivity contribution < 1.29 is 33.0 Å². The first-order valence-corrected chi connectivity index (χ1v) is 8.28. The van der Waals surface area contributed by atoms with Crippen LogP contribution >= 0.6 is 0 Å². The van der Waals surface area contributed by atoms with E-state index in [1.54, 1.807) is 0 Å². The number of hydrogen-bond acceptors (Lipinski definition) is 6. The number of carboxylic acid groups (broad SMARTS) is 1. The molecular weight excluding hydrogens is 388 g/mol. The lowest BCUT2D eigenvalue weighted by atomic mass is 9.92. The number of carbonyl (C=O) groups is 3. The molecule has 10 heteroatoms. The standard InChI is InChI=1S/C19H15F2N3O5/c1-19(13-6-8-14(9-7-13)29-17(20)21)16(27)24(18(28)23-19)22-10-11-2-4-12(5-3-11)15(25)26/h2-10,17H,1H3,(H,23,28)(H,25,26)/p-1/b22-10-/t19-/m0/s1. The van der Waals surface area contributed by atoms with Crippen LogP contribution in [0.3, 0.4) is 0 Å². The van der Waals surface area contributed by atoms with Crippen molar-refractivity contribution in [2.24, 2.45) is 5.10 Å². The van der Waals surface area contributed by atoms with Gasteiger partial charge in [0.25, 0.3) is 5.91 Å². The summed E-state index contributed by atoms with van der Waals surface area (Å²) in [4.78, 5) is 35.7. The Morgan fingerprint density at radius 1 is 1.17 bits per heavy atom. The van der Waals surface area contributed by atoms with Gasteiger partial charge in [-0.2, -0.15) is 13.9 Å². The lowest BCUT2D eigenvalue weighted by Crippen LogP contribution is -2.40. The van der Waals surface area contributed by atoms with Crippen LogP contribution in [0.25, 0.3) is 0 Å². The van der Waals surface area contributed by atoms with Crippen LogP contribution in [-0.4, -0.2) is 35.7 Å². The Kier molecular flexibility index (Phi) is 5.26. The number of hydrogen-bond donors (Lipinski definition) is 1. The van der Waals surface area contributed by atoms with Crippen molar-refractivity contribution in [3.05, 3.63) is 65.2 Å². The lowest BCUT2D eigenvalue weighted by molar-refractivity contribution is -0.255. The molecule has 0 bridgehead atoms. The highest BCUT2D eigenvalue weighted by Gasteiger charge is 2.49. The number of nitrogens with one attached hydrogen (secondary N) is 1. The van der Waals surface area contributed by atoms with Crippen LogP contribution in [0.2, 0.25) is 0 Å². The second-order valence-corrected chi connectivity index (χ2v) is 6.23. The van der Waals surface area contributed by atoms with Crippen LogP contribution in [-0.2, 0) is 10.3 Å². The number of halogens is 2. The number of hydrazone groups is 1. The fraction of sp³-hybridized carbons (Fsp3) is 0.158. The van der Waals surface area contributed by atoms with E-state index < -0.39 is 30.1 Å². The average Bonchev–Trinajstić information content (AvgIpc) is 2.90. The molecule has 1 N–H and O–H groups in total. The van der Waals surface area contributed by atoms with E-state index in [2.05, 4.69) is 15.2 Å². The van der Waals surface area contributed by atoms with Crippen LogP contribution in [0.1, 0.15) is 28.4 Å². The van der Waals surface area contributed by atoms with E-state index in [0.717, 1.165) is 0 Å². The third-order valence-corrected chi connectivity index (χ3v) is 4.29. The van der Waals surface area contributed by atoms with Gasteiger partial charge in [-0.25, -0.2) is 4.79 Å². The normalized spacial score (nSPS) is 19.1. The van der Waals surface area contributed by atoms with Gasteiger partial charge >= 0.3 is 12.6 Å². The first-order chi connectivity index (χ1) is 13.7. The fourth-order valence-corrected chi connectivity index (χ4v) is 2.72. The van der Waals surface area contributed by atoms with Gasteiger partial charge in [0.15, 0.2) is 0 Å². The number of urea groups is 1. The minimum Gasteiger partial charge on any atom is -0.545 e. The molecular formula is C19H14F2N3O5-. The summed E-state index contributed by atoms with van der Waals surface area (Å²) in [6, 6.07) is 10.0. The highest BCUT2D eigenvalue weighted by Crippen LogP contribution is 2.30. The van der Waals surface area contributed by atoms with Crippen molar-refractivity contribution in [3.63, 3.8) is 0 Å². The highest BCUT2D eigenvalue weighted by atomic mass is 19.3. The molecule has 2 aromatic rings. The summed E-state index contributed by atoms with van der Waals surface area (Å²) >= 11 is 0. The number of rotatable bonds is 6. The van der Waals surface area contributed by atoms with Crippen molar-refractivity contribution in [1.82, 2.24) is 10.3 Å². The third-order valence-electron chi connectivity index (χ3n) is 4.29. The van der Waals surface area contributed by atoms with E-state index in [-0.39, 0.29) is 11.3 Å². The number of ether oxygens (including phenoxy) is 1. The first kappa shape index (κ1) is 19.9. The second kappa shape index (κ2) is 7.66. The van der Waals surface area contributed by atoms with Crippen molar-refractivity contribution in [1.29, 1.82) is 0 Å². The van der Waals surface area contributed by atoms with Crippen molar-refractivity contribution in [2.75, 3.05) is 0 Å². The largest absolute Gasteiger partial charge is 0.545 e. The Balaban J connectivity index is 1.78. The number of benzene rings is 2. The second-order valence-electron chi connectivity index (χ2n) is 6.23. The summed E-state index contributed by atoms with van der Waals surface area (Å²) in [6.45, 7) is -1.52. The minimum atomic E-state index is -2.98. The Morgan fingerprint density at radius 2 is 1.79 bits per heavy atom. The number of alkyl halides is 2. The van der Waals surface area contributed by atoms with Crippen LogP contribution in [0.4, 0.5) is 13.6 Å². The lowest BCUT2D eigenvalue weighted by Gasteiger charge is -2.21. The molecule has 0 aliphatic carbocycles. The number of nitrogens with zero attached hydrogens (tertiary/aromatic N) is 2. The van der Waals surface area contributed by atoms with Gasteiger partial charge in [0, 0.05) is 0 Å². The van der Waals surface area contributed by atoms with E-state index in [9.17, 15) is 28.3 Å². The smallest absolute Gasteiger partial charge is 0.387 e. The molecule has 1 saturated heterocycles. The maximum absolute atomic E-state index is 12.8. The molecule has 0 aromatic heterocycles. The zero-order chi connectivity index (χ0) is 21.2. The van der Waals surface area contributed by atoms with Gasteiger partial charge in [0.2, 0.25) is 0 Å². The van der Waals surface area contributed by atoms with Gasteiger partial charge in [-0.3, -0.25) is 4.79 Å². The predicted octanol–water partition coefficient (Wildman–Crippen LogP) is 1.45.